The zero-order valence-electron chi connectivity index (χ0n) is 17.9. The monoisotopic (exact) mass is 394 g/mol. The third kappa shape index (κ3) is 5.05. The van der Waals surface area contributed by atoms with Crippen LogP contribution in [0, 0.1) is 17.3 Å². The van der Waals surface area contributed by atoms with Gasteiger partial charge in [0.15, 0.2) is 0 Å². The van der Waals surface area contributed by atoms with Gasteiger partial charge in [-0.1, -0.05) is 13.8 Å². The zero-order valence-corrected chi connectivity index (χ0v) is 17.9. The fourth-order valence-corrected chi connectivity index (χ4v) is 5.20. The third-order valence-electron chi connectivity index (χ3n) is 6.67. The number of hydrogen-bond donors (Lipinski definition) is 1. The van der Waals surface area contributed by atoms with E-state index in [-0.39, 0.29) is 17.2 Å². The van der Waals surface area contributed by atoms with Gasteiger partial charge in [0.1, 0.15) is 0 Å². The van der Waals surface area contributed by atoms with Gasteiger partial charge < -0.3 is 19.9 Å². The molecule has 0 aromatic rings. The van der Waals surface area contributed by atoms with Crippen LogP contribution in [-0.2, 0) is 14.3 Å². The van der Waals surface area contributed by atoms with Crippen molar-refractivity contribution in [1.82, 2.24) is 20.0 Å². The van der Waals surface area contributed by atoms with E-state index in [4.69, 9.17) is 4.74 Å². The van der Waals surface area contributed by atoms with Crippen molar-refractivity contribution in [3.05, 3.63) is 0 Å². The Labute approximate surface area is 169 Å². The number of hydrogen-bond acceptors (Lipinski definition) is 5. The number of piperazine rings is 1. The fraction of sp³-hybridized carbons (Fsp3) is 0.905. The molecule has 2 unspecified atom stereocenters. The number of piperidine rings is 2. The van der Waals surface area contributed by atoms with E-state index in [1.54, 1.807) is 7.11 Å². The summed E-state index contributed by atoms with van der Waals surface area (Å²) in [7, 11) is 1.68. The Morgan fingerprint density at radius 3 is 2.18 bits per heavy atom. The Balaban J connectivity index is 1.49. The standard InChI is InChI=1S/C21H38N4O3/c1-17-12-18(2)14-25(13-17)19(26)15-23-8-10-24(11-9-23)20(27)21(16-28-3)4-6-22-7-5-21/h17-18,22H,4-16H2,1-3H3. The van der Waals surface area contributed by atoms with Gasteiger partial charge in [0.2, 0.25) is 11.8 Å². The highest BCUT2D eigenvalue weighted by Gasteiger charge is 2.43. The molecule has 3 aliphatic heterocycles. The van der Waals surface area contributed by atoms with Crippen LogP contribution in [-0.4, -0.2) is 99.1 Å². The highest BCUT2D eigenvalue weighted by atomic mass is 16.5. The van der Waals surface area contributed by atoms with E-state index in [1.807, 2.05) is 9.80 Å². The lowest BCUT2D eigenvalue weighted by Gasteiger charge is -2.43. The van der Waals surface area contributed by atoms with Crippen molar-refractivity contribution in [1.29, 1.82) is 0 Å². The normalized spacial score (nSPS) is 29.0. The summed E-state index contributed by atoms with van der Waals surface area (Å²) in [5, 5.41) is 3.34. The van der Waals surface area contributed by atoms with Crippen molar-refractivity contribution in [3.63, 3.8) is 0 Å². The number of rotatable bonds is 5. The molecule has 1 N–H and O–H groups in total. The molecule has 2 atom stereocenters. The minimum atomic E-state index is -0.377. The number of ether oxygens (including phenoxy) is 1. The molecule has 3 heterocycles. The molecule has 3 aliphatic rings. The van der Waals surface area contributed by atoms with E-state index in [2.05, 4.69) is 24.1 Å². The molecule has 0 aromatic heterocycles. The molecular formula is C21H38N4O3. The van der Waals surface area contributed by atoms with Crippen molar-refractivity contribution in [3.8, 4) is 0 Å². The predicted molar refractivity (Wildman–Crippen MR) is 109 cm³/mol. The predicted octanol–water partition coefficient (Wildman–Crippen LogP) is 0.651. The number of nitrogens with one attached hydrogen (secondary N) is 1. The molecule has 3 rings (SSSR count). The lowest BCUT2D eigenvalue weighted by molar-refractivity contribution is -0.149. The second kappa shape index (κ2) is 9.55. The Bertz CT molecular complexity index is 526. The van der Waals surface area contributed by atoms with Crippen molar-refractivity contribution in [2.75, 3.05) is 72.6 Å². The van der Waals surface area contributed by atoms with Crippen LogP contribution in [0.25, 0.3) is 0 Å². The van der Waals surface area contributed by atoms with Crippen molar-refractivity contribution < 1.29 is 14.3 Å². The number of amides is 2. The van der Waals surface area contributed by atoms with Crippen LogP contribution in [0.4, 0.5) is 0 Å². The molecule has 0 aromatic carbocycles. The van der Waals surface area contributed by atoms with Gasteiger partial charge in [-0.3, -0.25) is 14.5 Å². The summed E-state index contributed by atoms with van der Waals surface area (Å²) in [4.78, 5) is 32.2. The maximum Gasteiger partial charge on any atom is 0.236 e. The Hall–Kier alpha value is -1.18. The van der Waals surface area contributed by atoms with Crippen molar-refractivity contribution in [2.24, 2.45) is 17.3 Å². The Morgan fingerprint density at radius 1 is 1.00 bits per heavy atom. The third-order valence-corrected chi connectivity index (χ3v) is 6.67. The zero-order chi connectivity index (χ0) is 20.1. The van der Waals surface area contributed by atoms with Crippen molar-refractivity contribution in [2.45, 2.75) is 33.1 Å². The van der Waals surface area contributed by atoms with Crippen LogP contribution >= 0.6 is 0 Å². The summed E-state index contributed by atoms with van der Waals surface area (Å²) in [6, 6.07) is 0. The van der Waals surface area contributed by atoms with Gasteiger partial charge in [0.25, 0.3) is 0 Å². The topological polar surface area (TPSA) is 65.1 Å². The first-order valence-electron chi connectivity index (χ1n) is 10.9. The summed E-state index contributed by atoms with van der Waals surface area (Å²) in [5.41, 5.74) is -0.377. The van der Waals surface area contributed by atoms with Gasteiger partial charge in [-0.05, 0) is 44.2 Å². The smallest absolute Gasteiger partial charge is 0.236 e. The molecule has 0 spiro atoms. The maximum atomic E-state index is 13.2. The average molecular weight is 395 g/mol. The number of carbonyl (C=O) groups is 2. The second-order valence-electron chi connectivity index (χ2n) is 9.28. The number of carbonyl (C=O) groups excluding carboxylic acids is 2. The fourth-order valence-electron chi connectivity index (χ4n) is 5.20. The van der Waals surface area contributed by atoms with Gasteiger partial charge in [-0.2, -0.15) is 0 Å². The molecule has 3 saturated heterocycles. The van der Waals surface area contributed by atoms with Crippen LogP contribution in [0.2, 0.25) is 0 Å². The van der Waals surface area contributed by atoms with Gasteiger partial charge in [0.05, 0.1) is 18.6 Å². The summed E-state index contributed by atoms with van der Waals surface area (Å²) in [5.74, 6) is 1.65. The number of nitrogens with zero attached hydrogens (tertiary/aromatic N) is 3. The molecule has 2 amide bonds. The molecule has 7 heteroatoms. The first-order chi connectivity index (χ1) is 13.4. The first-order valence-corrected chi connectivity index (χ1v) is 10.9. The van der Waals surface area contributed by atoms with Gasteiger partial charge in [-0.15, -0.1) is 0 Å². The lowest BCUT2D eigenvalue weighted by atomic mass is 9.78. The number of likely N-dealkylation sites (tertiary alicyclic amines) is 1. The van der Waals surface area contributed by atoms with E-state index in [0.717, 1.165) is 52.1 Å². The maximum absolute atomic E-state index is 13.2. The molecule has 160 valence electrons. The minimum Gasteiger partial charge on any atom is -0.384 e. The highest BCUT2D eigenvalue weighted by molar-refractivity contribution is 5.83. The molecule has 28 heavy (non-hydrogen) atoms. The number of methoxy groups -OCH3 is 1. The lowest BCUT2D eigenvalue weighted by Crippen LogP contribution is -2.57. The first kappa shape index (κ1) is 21.5. The summed E-state index contributed by atoms with van der Waals surface area (Å²) >= 11 is 0. The largest absolute Gasteiger partial charge is 0.384 e. The van der Waals surface area contributed by atoms with Crippen molar-refractivity contribution >= 4 is 11.8 Å². The minimum absolute atomic E-state index is 0.237. The average Bonchev–Trinajstić information content (AvgIpc) is 2.68. The summed E-state index contributed by atoms with van der Waals surface area (Å²) in [6.07, 6.45) is 2.89. The van der Waals surface area contributed by atoms with Crippen LogP contribution in [0.1, 0.15) is 33.1 Å². The highest BCUT2D eigenvalue weighted by Crippen LogP contribution is 2.32. The van der Waals surface area contributed by atoms with E-state index >= 15 is 0 Å². The van der Waals surface area contributed by atoms with Crippen LogP contribution in [0.15, 0.2) is 0 Å². The SMILES string of the molecule is COCC1(C(=O)N2CCN(CC(=O)N3CC(C)CC(C)C3)CC2)CCNCC1. The van der Waals surface area contributed by atoms with E-state index < -0.39 is 0 Å². The summed E-state index contributed by atoms with van der Waals surface area (Å²) in [6.45, 7) is 11.9. The van der Waals surface area contributed by atoms with E-state index in [9.17, 15) is 9.59 Å². The van der Waals surface area contributed by atoms with Gasteiger partial charge in [-0.25, -0.2) is 0 Å². The molecule has 0 radical (unpaired) electrons. The molecule has 7 nitrogen and oxygen atoms in total. The van der Waals surface area contributed by atoms with E-state index in [1.165, 1.54) is 6.42 Å². The Kier molecular flexibility index (Phi) is 7.34. The quantitative estimate of drug-likeness (QED) is 0.742. The van der Waals surface area contributed by atoms with Crippen LogP contribution < -0.4 is 5.32 Å². The molecular weight excluding hydrogens is 356 g/mol. The molecule has 0 saturated carbocycles. The molecule has 0 bridgehead atoms. The van der Waals surface area contributed by atoms with Gasteiger partial charge in [0, 0.05) is 46.4 Å². The Morgan fingerprint density at radius 2 is 1.61 bits per heavy atom. The van der Waals surface area contributed by atoms with Gasteiger partial charge >= 0.3 is 0 Å². The second-order valence-corrected chi connectivity index (χ2v) is 9.28. The van der Waals surface area contributed by atoms with Crippen LogP contribution in [0.5, 0.6) is 0 Å². The van der Waals surface area contributed by atoms with Crippen LogP contribution in [0.3, 0.4) is 0 Å². The van der Waals surface area contributed by atoms with E-state index in [0.29, 0.717) is 38.1 Å². The summed E-state index contributed by atoms with van der Waals surface area (Å²) < 4.78 is 5.42. The molecule has 0 aliphatic carbocycles. The molecule has 3 fully saturated rings.